The number of benzene rings is 1. The van der Waals surface area contributed by atoms with Crippen molar-refractivity contribution in [2.75, 3.05) is 38.6 Å². The minimum atomic E-state index is -0.512. The highest BCUT2D eigenvalue weighted by Gasteiger charge is 2.25. The standard InChI is InChI=1S/C22H28N4O5S/c1-31-20-15-17(26(29)30)4-5-19(20)24-21(27)9-13-25-11-7-16(8-12-25)22(28)23-10-6-18-3-2-14-32-18/h2-5,14-16H,6-13H2,1H3,(H,23,28)(H,24,27). The number of non-ortho nitro benzene ring substituents is 1. The second-order valence-corrected chi connectivity index (χ2v) is 8.71. The van der Waals surface area contributed by atoms with Gasteiger partial charge in [0.25, 0.3) is 5.69 Å². The number of ether oxygens (including phenoxy) is 1. The fraction of sp³-hybridized carbons (Fsp3) is 0.455. The van der Waals surface area contributed by atoms with Crippen molar-refractivity contribution in [3.63, 3.8) is 0 Å². The molecule has 1 fully saturated rings. The summed E-state index contributed by atoms with van der Waals surface area (Å²) in [5.74, 6) is 0.195. The van der Waals surface area contributed by atoms with Gasteiger partial charge >= 0.3 is 0 Å². The van der Waals surface area contributed by atoms with Crippen LogP contribution in [0.4, 0.5) is 11.4 Å². The maximum absolute atomic E-state index is 12.4. The van der Waals surface area contributed by atoms with Gasteiger partial charge in [0.2, 0.25) is 11.8 Å². The summed E-state index contributed by atoms with van der Waals surface area (Å²) in [7, 11) is 1.40. The van der Waals surface area contributed by atoms with Crippen LogP contribution in [0, 0.1) is 16.0 Å². The molecule has 2 amide bonds. The SMILES string of the molecule is COc1cc([N+](=O)[O-])ccc1NC(=O)CCN1CCC(C(=O)NCCc2cccs2)CC1. The molecule has 2 aromatic rings. The van der Waals surface area contributed by atoms with Crippen LogP contribution in [0.25, 0.3) is 0 Å². The molecule has 32 heavy (non-hydrogen) atoms. The van der Waals surface area contributed by atoms with Gasteiger partial charge in [0, 0.05) is 36.4 Å². The number of rotatable bonds is 10. The molecule has 10 heteroatoms. The van der Waals surface area contributed by atoms with E-state index in [2.05, 4.69) is 21.6 Å². The zero-order chi connectivity index (χ0) is 22.9. The van der Waals surface area contributed by atoms with E-state index in [0.717, 1.165) is 32.4 Å². The molecule has 172 valence electrons. The summed E-state index contributed by atoms with van der Waals surface area (Å²) in [6.07, 6.45) is 2.71. The van der Waals surface area contributed by atoms with Gasteiger partial charge in [-0.15, -0.1) is 11.3 Å². The second kappa shape index (κ2) is 11.6. The van der Waals surface area contributed by atoms with Crippen LogP contribution in [0.3, 0.4) is 0 Å². The molecule has 1 aromatic heterocycles. The van der Waals surface area contributed by atoms with Crippen LogP contribution >= 0.6 is 11.3 Å². The zero-order valence-corrected chi connectivity index (χ0v) is 18.9. The summed E-state index contributed by atoms with van der Waals surface area (Å²) in [6, 6.07) is 8.17. The summed E-state index contributed by atoms with van der Waals surface area (Å²) in [4.78, 5) is 38.5. The molecule has 0 aliphatic carbocycles. The molecule has 9 nitrogen and oxygen atoms in total. The van der Waals surface area contributed by atoms with Gasteiger partial charge in [-0.3, -0.25) is 19.7 Å². The van der Waals surface area contributed by atoms with Crippen LogP contribution in [-0.4, -0.2) is 54.9 Å². The summed E-state index contributed by atoms with van der Waals surface area (Å²) in [5, 5.41) is 18.7. The number of hydrogen-bond acceptors (Lipinski definition) is 7. The minimum absolute atomic E-state index is 0.0211. The maximum atomic E-state index is 12.4. The van der Waals surface area contributed by atoms with E-state index in [1.54, 1.807) is 11.3 Å². The largest absolute Gasteiger partial charge is 0.494 e. The number of nitro groups is 1. The van der Waals surface area contributed by atoms with Crippen LogP contribution in [-0.2, 0) is 16.0 Å². The lowest BCUT2D eigenvalue weighted by atomic mass is 9.95. The number of nitrogens with one attached hydrogen (secondary N) is 2. The summed E-state index contributed by atoms with van der Waals surface area (Å²) < 4.78 is 5.15. The van der Waals surface area contributed by atoms with Crippen molar-refractivity contribution < 1.29 is 19.2 Å². The molecule has 1 saturated heterocycles. The van der Waals surface area contributed by atoms with Gasteiger partial charge in [-0.1, -0.05) is 6.07 Å². The van der Waals surface area contributed by atoms with Gasteiger partial charge in [-0.05, 0) is 49.9 Å². The lowest BCUT2D eigenvalue weighted by molar-refractivity contribution is -0.384. The smallest absolute Gasteiger partial charge is 0.273 e. The Morgan fingerprint density at radius 1 is 1.28 bits per heavy atom. The number of hydrogen-bond donors (Lipinski definition) is 2. The number of nitrogens with zero attached hydrogens (tertiary/aromatic N) is 2. The number of likely N-dealkylation sites (tertiary alicyclic amines) is 1. The Morgan fingerprint density at radius 3 is 2.72 bits per heavy atom. The Hall–Kier alpha value is -2.98. The third kappa shape index (κ3) is 6.76. The molecule has 0 atom stereocenters. The average Bonchev–Trinajstić information content (AvgIpc) is 3.31. The number of methoxy groups -OCH3 is 1. The summed E-state index contributed by atoms with van der Waals surface area (Å²) >= 11 is 1.70. The first-order valence-electron chi connectivity index (χ1n) is 10.6. The van der Waals surface area contributed by atoms with E-state index in [9.17, 15) is 19.7 Å². The molecule has 0 radical (unpaired) electrons. The number of anilines is 1. The molecule has 0 spiro atoms. The molecule has 2 N–H and O–H groups in total. The van der Waals surface area contributed by atoms with Gasteiger partial charge in [0.1, 0.15) is 5.75 Å². The molecular weight excluding hydrogens is 432 g/mol. The number of nitro benzene ring substituents is 1. The summed E-state index contributed by atoms with van der Waals surface area (Å²) in [6.45, 7) is 2.80. The fourth-order valence-electron chi connectivity index (χ4n) is 3.70. The Balaban J connectivity index is 1.37. The lowest BCUT2D eigenvalue weighted by Gasteiger charge is -2.31. The van der Waals surface area contributed by atoms with Crippen molar-refractivity contribution in [2.24, 2.45) is 5.92 Å². The highest BCUT2D eigenvalue weighted by Crippen LogP contribution is 2.29. The van der Waals surface area contributed by atoms with Gasteiger partial charge in [-0.25, -0.2) is 0 Å². The minimum Gasteiger partial charge on any atom is -0.494 e. The molecular formula is C22H28N4O5S. The van der Waals surface area contributed by atoms with Gasteiger partial charge in [0.15, 0.2) is 0 Å². The predicted molar refractivity (Wildman–Crippen MR) is 123 cm³/mol. The monoisotopic (exact) mass is 460 g/mol. The molecule has 0 bridgehead atoms. The van der Waals surface area contributed by atoms with Crippen molar-refractivity contribution in [3.8, 4) is 5.75 Å². The third-order valence-corrected chi connectivity index (χ3v) is 6.47. The number of carbonyl (C=O) groups excluding carboxylic acids is 2. The Bertz CT molecular complexity index is 926. The molecule has 3 rings (SSSR count). The van der Waals surface area contributed by atoms with E-state index in [1.807, 2.05) is 11.4 Å². The quantitative estimate of drug-likeness (QED) is 0.416. The average molecular weight is 461 g/mol. The fourth-order valence-corrected chi connectivity index (χ4v) is 4.40. The predicted octanol–water partition coefficient (Wildman–Crippen LogP) is 3.06. The van der Waals surface area contributed by atoms with E-state index in [1.165, 1.54) is 30.2 Å². The van der Waals surface area contributed by atoms with Crippen molar-refractivity contribution in [1.82, 2.24) is 10.2 Å². The molecule has 0 saturated carbocycles. The van der Waals surface area contributed by atoms with Gasteiger partial charge in [0.05, 0.1) is 23.8 Å². The normalized spacial score (nSPS) is 14.7. The second-order valence-electron chi connectivity index (χ2n) is 7.68. The van der Waals surface area contributed by atoms with E-state index < -0.39 is 4.92 Å². The zero-order valence-electron chi connectivity index (χ0n) is 18.0. The Morgan fingerprint density at radius 2 is 2.06 bits per heavy atom. The topological polar surface area (TPSA) is 114 Å². The number of carbonyl (C=O) groups is 2. The Labute approximate surface area is 190 Å². The van der Waals surface area contributed by atoms with E-state index in [-0.39, 0.29) is 35.6 Å². The number of amides is 2. The van der Waals surface area contributed by atoms with Crippen molar-refractivity contribution in [1.29, 1.82) is 0 Å². The first kappa shape index (κ1) is 23.7. The molecule has 1 aliphatic heterocycles. The van der Waals surface area contributed by atoms with E-state index in [0.29, 0.717) is 18.8 Å². The highest BCUT2D eigenvalue weighted by atomic mass is 32.1. The first-order chi connectivity index (χ1) is 15.5. The maximum Gasteiger partial charge on any atom is 0.273 e. The van der Waals surface area contributed by atoms with Crippen LogP contribution in [0.2, 0.25) is 0 Å². The van der Waals surface area contributed by atoms with Crippen LogP contribution in [0.15, 0.2) is 35.7 Å². The number of thiophene rings is 1. The van der Waals surface area contributed by atoms with Crippen LogP contribution in [0.1, 0.15) is 24.1 Å². The van der Waals surface area contributed by atoms with Gasteiger partial charge < -0.3 is 20.3 Å². The molecule has 0 unspecified atom stereocenters. The summed E-state index contributed by atoms with van der Waals surface area (Å²) in [5.41, 5.74) is 0.305. The van der Waals surface area contributed by atoms with Crippen LogP contribution in [0.5, 0.6) is 5.75 Å². The molecule has 2 heterocycles. The van der Waals surface area contributed by atoms with Crippen molar-refractivity contribution >= 4 is 34.5 Å². The lowest BCUT2D eigenvalue weighted by Crippen LogP contribution is -2.41. The molecule has 1 aliphatic rings. The number of piperidine rings is 1. The van der Waals surface area contributed by atoms with Crippen molar-refractivity contribution in [3.05, 3.63) is 50.7 Å². The van der Waals surface area contributed by atoms with E-state index in [4.69, 9.17) is 4.74 Å². The van der Waals surface area contributed by atoms with Crippen molar-refractivity contribution in [2.45, 2.75) is 25.7 Å². The highest BCUT2D eigenvalue weighted by molar-refractivity contribution is 7.09. The first-order valence-corrected chi connectivity index (χ1v) is 11.5. The van der Waals surface area contributed by atoms with E-state index >= 15 is 0 Å². The third-order valence-electron chi connectivity index (χ3n) is 5.53. The Kier molecular flexibility index (Phi) is 8.57. The van der Waals surface area contributed by atoms with Gasteiger partial charge in [-0.2, -0.15) is 0 Å². The van der Waals surface area contributed by atoms with Crippen LogP contribution < -0.4 is 15.4 Å². The molecule has 1 aromatic carbocycles.